The van der Waals surface area contributed by atoms with Crippen LogP contribution in [0.15, 0.2) is 55.1 Å². The quantitative estimate of drug-likeness (QED) is 0.286. The Balaban J connectivity index is 1.32. The number of aromatic nitrogens is 2. The zero-order valence-electron chi connectivity index (χ0n) is 25.3. The first-order valence-corrected chi connectivity index (χ1v) is 15.5. The van der Waals surface area contributed by atoms with Crippen LogP contribution in [0.1, 0.15) is 37.9 Å². The molecule has 224 valence electrons. The van der Waals surface area contributed by atoms with E-state index in [9.17, 15) is 4.79 Å². The topological polar surface area (TPSA) is 69.4 Å². The number of nitrogens with zero attached hydrogens (tertiary/aromatic N) is 7. The van der Waals surface area contributed by atoms with Gasteiger partial charge in [0, 0.05) is 54.9 Å². The second kappa shape index (κ2) is 12.6. The summed E-state index contributed by atoms with van der Waals surface area (Å²) < 4.78 is 6.39. The van der Waals surface area contributed by atoms with E-state index < -0.39 is 0 Å². The zero-order valence-corrected chi connectivity index (χ0v) is 25.3. The van der Waals surface area contributed by atoms with Gasteiger partial charge in [0.1, 0.15) is 18.5 Å². The van der Waals surface area contributed by atoms with E-state index in [0.29, 0.717) is 50.9 Å². The van der Waals surface area contributed by atoms with Crippen molar-refractivity contribution in [3.63, 3.8) is 0 Å². The molecule has 43 heavy (non-hydrogen) atoms. The summed E-state index contributed by atoms with van der Waals surface area (Å²) in [5.74, 6) is 0.754. The monoisotopic (exact) mass is 579 g/mol. The van der Waals surface area contributed by atoms with Crippen LogP contribution in [0.2, 0.25) is 0 Å². The molecular weight excluding hydrogens is 538 g/mol. The van der Waals surface area contributed by atoms with Crippen LogP contribution < -0.4 is 14.5 Å². The van der Waals surface area contributed by atoms with Crippen LogP contribution in [0.25, 0.3) is 15.6 Å². The minimum atomic E-state index is -0.222. The smallest absolute Gasteiger partial charge is 0.318 e. The van der Waals surface area contributed by atoms with Gasteiger partial charge >= 0.3 is 6.01 Å². The highest BCUT2D eigenvalue weighted by atomic mass is 16.5. The molecule has 0 spiro atoms. The van der Waals surface area contributed by atoms with Crippen LogP contribution in [0, 0.1) is 6.57 Å². The largest absolute Gasteiger partial charge is 0.462 e. The molecule has 9 heteroatoms. The Morgan fingerprint density at radius 1 is 1.09 bits per heavy atom. The van der Waals surface area contributed by atoms with Crippen molar-refractivity contribution < 1.29 is 9.53 Å². The van der Waals surface area contributed by atoms with Gasteiger partial charge < -0.3 is 24.3 Å². The third kappa shape index (κ3) is 5.89. The molecule has 0 aliphatic carbocycles. The predicted octanol–water partition coefficient (Wildman–Crippen LogP) is 4.57. The Bertz CT molecular complexity index is 1530. The molecule has 2 atom stereocenters. The fraction of sp³-hybridized carbons (Fsp3) is 0.471. The molecule has 0 saturated carbocycles. The molecule has 2 saturated heterocycles. The normalized spacial score (nSPS) is 20.7. The Kier molecular flexibility index (Phi) is 8.48. The number of likely N-dealkylation sites (tertiary alicyclic amines) is 1. The number of rotatable bonds is 8. The van der Waals surface area contributed by atoms with Crippen LogP contribution in [-0.2, 0) is 17.8 Å². The van der Waals surface area contributed by atoms with Crippen molar-refractivity contribution in [3.05, 3.63) is 77.8 Å². The first kappa shape index (κ1) is 28.9. The maximum absolute atomic E-state index is 12.6. The van der Waals surface area contributed by atoms with Crippen LogP contribution in [0.3, 0.4) is 0 Å². The number of benzene rings is 2. The number of hydrogen-bond donors (Lipinski definition) is 0. The molecule has 0 radical (unpaired) electrons. The van der Waals surface area contributed by atoms with Crippen LogP contribution in [0.5, 0.6) is 6.01 Å². The fourth-order valence-electron chi connectivity index (χ4n) is 7.01. The molecule has 3 aliphatic rings. The average molecular weight is 580 g/mol. The lowest BCUT2D eigenvalue weighted by molar-refractivity contribution is -0.128. The molecule has 9 nitrogen and oxygen atoms in total. The van der Waals surface area contributed by atoms with Crippen molar-refractivity contribution in [2.75, 3.05) is 55.7 Å². The summed E-state index contributed by atoms with van der Waals surface area (Å²) in [5, 5.41) is 2.46. The van der Waals surface area contributed by atoms with Crippen LogP contribution in [-0.4, -0.2) is 89.7 Å². The van der Waals surface area contributed by atoms with E-state index in [1.807, 2.05) is 0 Å². The summed E-state index contributed by atoms with van der Waals surface area (Å²) in [6, 6.07) is 16.0. The summed E-state index contributed by atoms with van der Waals surface area (Å²) in [6.07, 6.45) is 4.44. The highest BCUT2D eigenvalue weighted by Crippen LogP contribution is 2.35. The van der Waals surface area contributed by atoms with Gasteiger partial charge in [-0.25, -0.2) is 6.57 Å². The molecular formula is C34H41N7O2. The number of fused-ring (bicyclic) bond motifs is 2. The molecule has 4 heterocycles. The Hall–Kier alpha value is -4.16. The lowest BCUT2D eigenvalue weighted by atomic mass is 10.0. The molecule has 1 aromatic heterocycles. The predicted molar refractivity (Wildman–Crippen MR) is 170 cm³/mol. The van der Waals surface area contributed by atoms with Crippen molar-refractivity contribution in [2.24, 2.45) is 0 Å². The Labute approximate surface area is 254 Å². The molecule has 6 rings (SSSR count). The Morgan fingerprint density at radius 3 is 2.74 bits per heavy atom. The summed E-state index contributed by atoms with van der Waals surface area (Å²) in [4.78, 5) is 35.2. The SMILES string of the molecule is [C-]#[N+]CC1CN(c2nc(OC[C@@H]3CCCN3C(C)C)nc3c2CCN(c2cccc4ccccc24)C3)CCN1C(=O)C=C. The van der Waals surface area contributed by atoms with Crippen molar-refractivity contribution in [2.45, 2.75) is 57.8 Å². The minimum absolute atomic E-state index is 0.126. The van der Waals surface area contributed by atoms with E-state index in [0.717, 1.165) is 43.0 Å². The maximum atomic E-state index is 12.6. The Morgan fingerprint density at radius 2 is 1.93 bits per heavy atom. The summed E-state index contributed by atoms with van der Waals surface area (Å²) in [5.41, 5.74) is 3.33. The molecule has 1 amide bonds. The van der Waals surface area contributed by atoms with Gasteiger partial charge in [0.25, 0.3) is 0 Å². The van der Waals surface area contributed by atoms with Gasteiger partial charge in [-0.3, -0.25) is 9.69 Å². The number of ether oxygens (including phenoxy) is 1. The highest BCUT2D eigenvalue weighted by Gasteiger charge is 2.35. The van der Waals surface area contributed by atoms with Crippen molar-refractivity contribution in [1.29, 1.82) is 0 Å². The van der Waals surface area contributed by atoms with Crippen molar-refractivity contribution >= 4 is 28.2 Å². The van der Waals surface area contributed by atoms with E-state index in [1.54, 1.807) is 4.90 Å². The van der Waals surface area contributed by atoms with E-state index in [4.69, 9.17) is 21.3 Å². The second-order valence-corrected chi connectivity index (χ2v) is 12.0. The number of anilines is 2. The molecule has 1 unspecified atom stereocenters. The van der Waals surface area contributed by atoms with Crippen LogP contribution in [0.4, 0.5) is 11.5 Å². The lowest BCUT2D eigenvalue weighted by Crippen LogP contribution is -2.56. The van der Waals surface area contributed by atoms with E-state index in [2.05, 4.69) is 82.4 Å². The molecule has 0 N–H and O–H groups in total. The second-order valence-electron chi connectivity index (χ2n) is 12.0. The van der Waals surface area contributed by atoms with Gasteiger partial charge in [-0.15, -0.1) is 0 Å². The number of amides is 1. The average Bonchev–Trinajstić information content (AvgIpc) is 3.52. The number of carbonyl (C=O) groups excluding carboxylic acids is 1. The fourth-order valence-corrected chi connectivity index (χ4v) is 7.01. The molecule has 2 fully saturated rings. The molecule has 2 aromatic carbocycles. The van der Waals surface area contributed by atoms with Gasteiger partial charge in [-0.2, -0.15) is 9.97 Å². The standard InChI is InChI=1S/C34H41N7O2/c1-5-32(42)41-19-18-39(21-27(41)20-35-4)33-29-15-17-38(31-14-8-11-25-10-6-7-13-28(25)31)22-30(29)36-34(37-33)43-23-26-12-9-16-40(26)24(2)3/h5-8,10-11,13-14,24,26-27H,1,9,12,15-23H2,2-3H3/t26-,27?/m0/s1. The summed E-state index contributed by atoms with van der Waals surface area (Å²) in [6.45, 7) is 20.8. The van der Waals surface area contributed by atoms with Crippen molar-refractivity contribution in [3.8, 4) is 6.01 Å². The highest BCUT2D eigenvalue weighted by molar-refractivity contribution is 5.94. The van der Waals surface area contributed by atoms with Gasteiger partial charge in [0.2, 0.25) is 12.5 Å². The summed E-state index contributed by atoms with van der Waals surface area (Å²) >= 11 is 0. The van der Waals surface area contributed by atoms with Crippen LogP contribution >= 0.6 is 0 Å². The number of carbonyl (C=O) groups is 1. The molecule has 3 aliphatic heterocycles. The van der Waals surface area contributed by atoms with Gasteiger partial charge in [-0.05, 0) is 57.2 Å². The first-order valence-electron chi connectivity index (χ1n) is 15.5. The van der Waals surface area contributed by atoms with E-state index >= 15 is 0 Å². The van der Waals surface area contributed by atoms with Gasteiger partial charge in [0.05, 0.1) is 12.2 Å². The molecule has 3 aromatic rings. The summed E-state index contributed by atoms with van der Waals surface area (Å²) in [7, 11) is 0. The van der Waals surface area contributed by atoms with Crippen molar-refractivity contribution in [1.82, 2.24) is 19.8 Å². The number of piperazine rings is 1. The van der Waals surface area contributed by atoms with Gasteiger partial charge in [-0.1, -0.05) is 43.0 Å². The maximum Gasteiger partial charge on any atom is 0.318 e. The van der Waals surface area contributed by atoms with E-state index in [-0.39, 0.29) is 18.5 Å². The minimum Gasteiger partial charge on any atom is -0.462 e. The third-order valence-corrected chi connectivity index (χ3v) is 9.16. The lowest BCUT2D eigenvalue weighted by Gasteiger charge is -2.41. The third-order valence-electron chi connectivity index (χ3n) is 9.16. The van der Waals surface area contributed by atoms with E-state index in [1.165, 1.54) is 29.0 Å². The number of hydrogen-bond acceptors (Lipinski definition) is 7. The zero-order chi connectivity index (χ0) is 29.9. The van der Waals surface area contributed by atoms with Gasteiger partial charge in [0.15, 0.2) is 0 Å². The molecule has 0 bridgehead atoms. The first-order chi connectivity index (χ1) is 21.0.